The highest BCUT2D eigenvalue weighted by Crippen LogP contribution is 2.15. The first-order chi connectivity index (χ1) is 15.3. The minimum absolute atomic E-state index is 0.0498. The molecular weight excluding hydrogens is 448 g/mol. The maximum Gasteiger partial charge on any atom is 0.338 e. The number of nitrogens with one attached hydrogen (secondary N) is 2. The molecule has 0 atom stereocenters. The quantitative estimate of drug-likeness (QED) is 0.442. The number of aryl methyl sites for hydroxylation is 1. The predicted molar refractivity (Wildman–Crippen MR) is 123 cm³/mol. The fourth-order valence-electron chi connectivity index (χ4n) is 2.95. The van der Waals surface area contributed by atoms with Crippen LogP contribution < -0.4 is 10.0 Å². The van der Waals surface area contributed by atoms with Gasteiger partial charge in [-0.2, -0.15) is 0 Å². The molecule has 3 rings (SSSR count). The fraction of sp³-hybridized carbons (Fsp3) is 0.217. The number of hydrogen-bond acceptors (Lipinski definition) is 6. The molecule has 9 heteroatoms. The summed E-state index contributed by atoms with van der Waals surface area (Å²) in [5, 5.41) is 4.57. The van der Waals surface area contributed by atoms with Crippen LogP contribution >= 0.6 is 11.3 Å². The van der Waals surface area contributed by atoms with E-state index in [1.807, 2.05) is 48.7 Å². The lowest BCUT2D eigenvalue weighted by Crippen LogP contribution is -2.30. The minimum atomic E-state index is -3.80. The summed E-state index contributed by atoms with van der Waals surface area (Å²) in [5.41, 5.74) is 2.33. The van der Waals surface area contributed by atoms with Crippen LogP contribution in [0.4, 0.5) is 0 Å². The highest BCUT2D eigenvalue weighted by atomic mass is 32.2. The van der Waals surface area contributed by atoms with Gasteiger partial charge in [0.25, 0.3) is 5.91 Å². The summed E-state index contributed by atoms with van der Waals surface area (Å²) in [6.07, 6.45) is 0.671. The average molecular weight is 473 g/mol. The van der Waals surface area contributed by atoms with Crippen LogP contribution in [0.3, 0.4) is 0 Å². The monoisotopic (exact) mass is 472 g/mol. The van der Waals surface area contributed by atoms with Crippen LogP contribution in [0.25, 0.3) is 0 Å². The van der Waals surface area contributed by atoms with E-state index in [2.05, 4.69) is 10.0 Å². The van der Waals surface area contributed by atoms with Crippen molar-refractivity contribution in [3.05, 3.63) is 87.6 Å². The van der Waals surface area contributed by atoms with E-state index in [0.717, 1.165) is 16.0 Å². The van der Waals surface area contributed by atoms with Crippen molar-refractivity contribution in [1.82, 2.24) is 10.0 Å². The molecule has 0 saturated heterocycles. The van der Waals surface area contributed by atoms with Crippen LogP contribution in [-0.2, 0) is 32.5 Å². The predicted octanol–water partition coefficient (Wildman–Crippen LogP) is 3.05. The first-order valence-electron chi connectivity index (χ1n) is 9.95. The van der Waals surface area contributed by atoms with Gasteiger partial charge in [-0.05, 0) is 54.1 Å². The Bertz CT molecular complexity index is 1170. The highest BCUT2D eigenvalue weighted by Gasteiger charge is 2.17. The molecule has 0 bridgehead atoms. The van der Waals surface area contributed by atoms with Crippen molar-refractivity contribution in [2.45, 2.75) is 24.8 Å². The van der Waals surface area contributed by atoms with Gasteiger partial charge in [0.15, 0.2) is 6.61 Å². The van der Waals surface area contributed by atoms with Gasteiger partial charge < -0.3 is 10.1 Å². The van der Waals surface area contributed by atoms with Crippen LogP contribution in [0.5, 0.6) is 0 Å². The first-order valence-corrected chi connectivity index (χ1v) is 12.3. The van der Waals surface area contributed by atoms with E-state index in [1.54, 1.807) is 0 Å². The van der Waals surface area contributed by atoms with Gasteiger partial charge in [-0.3, -0.25) is 4.79 Å². The Kier molecular flexibility index (Phi) is 8.15. The third kappa shape index (κ3) is 6.74. The summed E-state index contributed by atoms with van der Waals surface area (Å²) in [4.78, 5) is 25.1. The van der Waals surface area contributed by atoms with Gasteiger partial charge in [-0.1, -0.05) is 36.4 Å². The summed E-state index contributed by atoms with van der Waals surface area (Å²) in [6, 6.07) is 17.1. The molecule has 0 unspecified atom stereocenters. The van der Waals surface area contributed by atoms with Crippen molar-refractivity contribution in [2.24, 2.45) is 0 Å². The second-order valence-electron chi connectivity index (χ2n) is 7.03. The van der Waals surface area contributed by atoms with Crippen LogP contribution in [0.2, 0.25) is 0 Å². The molecule has 0 aliphatic carbocycles. The second kappa shape index (κ2) is 11.0. The number of carbonyl (C=O) groups excluding carboxylic acids is 2. The number of ether oxygens (including phenoxy) is 1. The van der Waals surface area contributed by atoms with E-state index in [1.165, 1.54) is 35.6 Å². The van der Waals surface area contributed by atoms with Crippen molar-refractivity contribution >= 4 is 33.2 Å². The Morgan fingerprint density at radius 2 is 1.84 bits per heavy atom. The normalized spacial score (nSPS) is 11.2. The zero-order valence-electron chi connectivity index (χ0n) is 17.5. The summed E-state index contributed by atoms with van der Waals surface area (Å²) in [7, 11) is -3.80. The van der Waals surface area contributed by atoms with Gasteiger partial charge in [-0.25, -0.2) is 17.9 Å². The highest BCUT2D eigenvalue weighted by molar-refractivity contribution is 7.89. The molecule has 1 heterocycles. The molecule has 2 aromatic carbocycles. The standard InChI is InChI=1S/C23H24N2O5S2/c1-17-6-2-3-7-18(17)11-12-24-22(26)16-30-23(27)19-8-4-10-21(14-19)32(28,29)25-15-20-9-5-13-31-20/h2-10,13-14,25H,11-12,15-16H2,1H3,(H,24,26). The van der Waals surface area contributed by atoms with Gasteiger partial charge in [0.05, 0.1) is 10.5 Å². The van der Waals surface area contributed by atoms with Crippen LogP contribution in [0.15, 0.2) is 70.9 Å². The zero-order valence-corrected chi connectivity index (χ0v) is 19.2. The molecule has 1 amide bonds. The number of sulfonamides is 1. The lowest BCUT2D eigenvalue weighted by atomic mass is 10.1. The molecule has 32 heavy (non-hydrogen) atoms. The number of carbonyl (C=O) groups is 2. The van der Waals surface area contributed by atoms with Gasteiger partial charge in [-0.15, -0.1) is 11.3 Å². The summed E-state index contributed by atoms with van der Waals surface area (Å²) in [5.74, 6) is -1.19. The van der Waals surface area contributed by atoms with E-state index in [9.17, 15) is 18.0 Å². The molecule has 3 aromatic rings. The SMILES string of the molecule is Cc1ccccc1CCNC(=O)COC(=O)c1cccc(S(=O)(=O)NCc2cccs2)c1. The van der Waals surface area contributed by atoms with Crippen LogP contribution in [-0.4, -0.2) is 33.4 Å². The number of esters is 1. The second-order valence-corrected chi connectivity index (χ2v) is 9.83. The Morgan fingerprint density at radius 3 is 2.59 bits per heavy atom. The van der Waals surface area contributed by atoms with E-state index in [4.69, 9.17) is 4.74 Å². The molecule has 168 valence electrons. The van der Waals surface area contributed by atoms with Gasteiger partial charge in [0.2, 0.25) is 10.0 Å². The Morgan fingerprint density at radius 1 is 1.03 bits per heavy atom. The van der Waals surface area contributed by atoms with Gasteiger partial charge in [0.1, 0.15) is 0 Å². The molecule has 0 spiro atoms. The van der Waals surface area contributed by atoms with Crippen molar-refractivity contribution in [3.8, 4) is 0 Å². The zero-order chi connectivity index (χ0) is 23.0. The molecule has 0 radical (unpaired) electrons. The smallest absolute Gasteiger partial charge is 0.338 e. The fourth-order valence-corrected chi connectivity index (χ4v) is 4.73. The molecule has 1 aromatic heterocycles. The Balaban J connectivity index is 1.49. The number of rotatable bonds is 10. The molecule has 0 saturated carbocycles. The van der Waals surface area contributed by atoms with Crippen LogP contribution in [0.1, 0.15) is 26.4 Å². The molecular formula is C23H24N2O5S2. The van der Waals surface area contributed by atoms with Gasteiger partial charge >= 0.3 is 5.97 Å². The summed E-state index contributed by atoms with van der Waals surface area (Å²) in [6.45, 7) is 2.15. The minimum Gasteiger partial charge on any atom is -0.452 e. The molecule has 2 N–H and O–H groups in total. The first kappa shape index (κ1) is 23.6. The van der Waals surface area contributed by atoms with Crippen LogP contribution in [0, 0.1) is 6.92 Å². The van der Waals surface area contributed by atoms with E-state index < -0.39 is 28.5 Å². The lowest BCUT2D eigenvalue weighted by Gasteiger charge is -2.09. The van der Waals surface area contributed by atoms with Crippen molar-refractivity contribution in [2.75, 3.05) is 13.2 Å². The third-order valence-electron chi connectivity index (χ3n) is 4.71. The third-order valence-corrected chi connectivity index (χ3v) is 6.98. The van der Waals surface area contributed by atoms with E-state index in [-0.39, 0.29) is 17.0 Å². The molecule has 0 aliphatic rings. The van der Waals surface area contributed by atoms with Crippen molar-refractivity contribution in [3.63, 3.8) is 0 Å². The molecule has 0 fully saturated rings. The molecule has 7 nitrogen and oxygen atoms in total. The number of benzene rings is 2. The maximum atomic E-state index is 12.5. The Hall–Kier alpha value is -3.01. The average Bonchev–Trinajstić information content (AvgIpc) is 3.31. The Labute approximate surface area is 191 Å². The topological polar surface area (TPSA) is 102 Å². The van der Waals surface area contributed by atoms with E-state index in [0.29, 0.717) is 13.0 Å². The van der Waals surface area contributed by atoms with Crippen molar-refractivity contribution < 1.29 is 22.7 Å². The van der Waals surface area contributed by atoms with Crippen molar-refractivity contribution in [1.29, 1.82) is 0 Å². The number of amides is 1. The number of hydrogen-bond donors (Lipinski definition) is 2. The summed E-state index contributed by atoms with van der Waals surface area (Å²) < 4.78 is 32.5. The van der Waals surface area contributed by atoms with Gasteiger partial charge in [0, 0.05) is 18.0 Å². The maximum absolute atomic E-state index is 12.5. The largest absolute Gasteiger partial charge is 0.452 e. The lowest BCUT2D eigenvalue weighted by molar-refractivity contribution is -0.124. The molecule has 0 aliphatic heterocycles. The number of thiophene rings is 1. The van der Waals surface area contributed by atoms with E-state index >= 15 is 0 Å². The summed E-state index contributed by atoms with van der Waals surface area (Å²) >= 11 is 1.44.